The molecule has 0 bridgehead atoms. The van der Waals surface area contributed by atoms with E-state index in [0.29, 0.717) is 5.41 Å². The van der Waals surface area contributed by atoms with Crippen molar-refractivity contribution in [3.05, 3.63) is 22.7 Å². The average molecular weight is 297 g/mol. The maximum Gasteiger partial charge on any atom is 0.0486 e. The van der Waals surface area contributed by atoms with Crippen LogP contribution in [0, 0.1) is 5.41 Å². The lowest BCUT2D eigenvalue weighted by Gasteiger charge is -2.28. The van der Waals surface area contributed by atoms with E-state index < -0.39 is 0 Å². The fourth-order valence-electron chi connectivity index (χ4n) is 2.74. The van der Waals surface area contributed by atoms with Gasteiger partial charge in [-0.3, -0.25) is 0 Å². The monoisotopic (exact) mass is 296 g/mol. The highest BCUT2D eigenvalue weighted by molar-refractivity contribution is 9.10. The summed E-state index contributed by atoms with van der Waals surface area (Å²) < 4.78 is 1.06. The molecular weight excluding hydrogens is 276 g/mol. The van der Waals surface area contributed by atoms with E-state index in [-0.39, 0.29) is 0 Å². The summed E-state index contributed by atoms with van der Waals surface area (Å²) in [6.07, 6.45) is 6.77. The van der Waals surface area contributed by atoms with Crippen LogP contribution in [0.4, 0.5) is 11.4 Å². The number of nitrogens with two attached hydrogens (primary N) is 1. The first-order chi connectivity index (χ1) is 8.15. The number of benzene rings is 1. The Morgan fingerprint density at radius 2 is 2.06 bits per heavy atom. The van der Waals surface area contributed by atoms with Gasteiger partial charge in [-0.15, -0.1) is 0 Å². The minimum atomic E-state index is 0.515. The Morgan fingerprint density at radius 1 is 1.35 bits per heavy atom. The minimum Gasteiger partial charge on any atom is -0.399 e. The predicted octanol–water partition coefficient (Wildman–Crippen LogP) is 4.41. The molecule has 0 spiro atoms. The quantitative estimate of drug-likeness (QED) is 0.808. The van der Waals surface area contributed by atoms with Crippen molar-refractivity contribution >= 4 is 27.3 Å². The molecule has 1 aromatic carbocycles. The van der Waals surface area contributed by atoms with E-state index in [1.54, 1.807) is 0 Å². The van der Waals surface area contributed by atoms with Gasteiger partial charge >= 0.3 is 0 Å². The molecule has 0 amide bonds. The summed E-state index contributed by atoms with van der Waals surface area (Å²) in [5.74, 6) is 0. The molecule has 0 heterocycles. The minimum absolute atomic E-state index is 0.515. The van der Waals surface area contributed by atoms with E-state index in [4.69, 9.17) is 5.73 Å². The fraction of sp³-hybridized carbons (Fsp3) is 0.571. The van der Waals surface area contributed by atoms with Gasteiger partial charge in [-0.1, -0.05) is 19.8 Å². The Kier molecular flexibility index (Phi) is 3.97. The Balaban J connectivity index is 2.01. The topological polar surface area (TPSA) is 38.0 Å². The first-order valence-corrected chi connectivity index (χ1v) is 7.23. The molecule has 1 fully saturated rings. The van der Waals surface area contributed by atoms with Crippen LogP contribution in [0.1, 0.15) is 39.0 Å². The van der Waals surface area contributed by atoms with Gasteiger partial charge < -0.3 is 11.1 Å². The van der Waals surface area contributed by atoms with Gasteiger partial charge in [0.15, 0.2) is 0 Å². The molecule has 1 aliphatic rings. The number of hydrogen-bond acceptors (Lipinski definition) is 2. The number of nitrogen functional groups attached to an aromatic ring is 1. The molecule has 0 atom stereocenters. The highest BCUT2D eigenvalue weighted by Crippen LogP contribution is 2.41. The average Bonchev–Trinajstić information content (AvgIpc) is 2.77. The third-order valence-corrected chi connectivity index (χ3v) is 4.72. The van der Waals surface area contributed by atoms with E-state index in [1.807, 2.05) is 12.1 Å². The van der Waals surface area contributed by atoms with Gasteiger partial charge in [-0.2, -0.15) is 0 Å². The normalized spacial score (nSPS) is 18.2. The molecule has 1 aromatic rings. The number of nitrogens with one attached hydrogen (secondary N) is 1. The zero-order chi connectivity index (χ0) is 12.3. The van der Waals surface area contributed by atoms with Gasteiger partial charge in [-0.05, 0) is 58.8 Å². The van der Waals surface area contributed by atoms with Gasteiger partial charge in [0, 0.05) is 22.4 Å². The van der Waals surface area contributed by atoms with E-state index in [1.165, 1.54) is 32.1 Å². The van der Waals surface area contributed by atoms with Crippen molar-refractivity contribution in [3.63, 3.8) is 0 Å². The van der Waals surface area contributed by atoms with E-state index in [9.17, 15) is 0 Å². The molecule has 3 heteroatoms. The Labute approximate surface area is 112 Å². The molecule has 0 saturated heterocycles. The van der Waals surface area contributed by atoms with Gasteiger partial charge in [0.2, 0.25) is 0 Å². The van der Waals surface area contributed by atoms with Gasteiger partial charge in [0.25, 0.3) is 0 Å². The van der Waals surface area contributed by atoms with Crippen molar-refractivity contribution in [2.45, 2.75) is 39.0 Å². The van der Waals surface area contributed by atoms with Crippen LogP contribution in [0.5, 0.6) is 0 Å². The lowest BCUT2D eigenvalue weighted by atomic mass is 9.83. The van der Waals surface area contributed by atoms with Crippen molar-refractivity contribution in [2.75, 3.05) is 17.6 Å². The number of rotatable bonds is 4. The third kappa shape index (κ3) is 2.95. The molecule has 3 N–H and O–H groups in total. The molecule has 1 saturated carbocycles. The van der Waals surface area contributed by atoms with Crippen molar-refractivity contribution in [3.8, 4) is 0 Å². The van der Waals surface area contributed by atoms with Crippen molar-refractivity contribution in [1.29, 1.82) is 0 Å². The summed E-state index contributed by atoms with van der Waals surface area (Å²) in [5.41, 5.74) is 8.21. The third-order valence-electron chi connectivity index (χ3n) is 4.06. The fourth-order valence-corrected chi connectivity index (χ4v) is 3.27. The van der Waals surface area contributed by atoms with E-state index in [0.717, 1.165) is 22.4 Å². The second-order valence-corrected chi connectivity index (χ2v) is 6.01. The number of anilines is 2. The highest BCUT2D eigenvalue weighted by Gasteiger charge is 2.31. The molecule has 0 aliphatic heterocycles. The number of hydrogen-bond donors (Lipinski definition) is 2. The van der Waals surface area contributed by atoms with Crippen molar-refractivity contribution < 1.29 is 0 Å². The second-order valence-electron chi connectivity index (χ2n) is 5.15. The molecule has 94 valence electrons. The molecule has 2 nitrogen and oxygen atoms in total. The molecule has 17 heavy (non-hydrogen) atoms. The van der Waals surface area contributed by atoms with Crippen LogP contribution in [0.3, 0.4) is 0 Å². The highest BCUT2D eigenvalue weighted by atomic mass is 79.9. The summed E-state index contributed by atoms with van der Waals surface area (Å²) in [6, 6.07) is 5.95. The zero-order valence-corrected chi connectivity index (χ0v) is 12.0. The summed E-state index contributed by atoms with van der Waals surface area (Å²) in [7, 11) is 0. The standard InChI is InChI=1S/C14H21BrN2/c1-2-14(7-3-4-8-14)10-17-13-6-5-11(16)9-12(13)15/h5-6,9,17H,2-4,7-8,10,16H2,1H3. The smallest absolute Gasteiger partial charge is 0.0486 e. The van der Waals surface area contributed by atoms with Gasteiger partial charge in [0.05, 0.1) is 0 Å². The first kappa shape index (κ1) is 12.7. The Hall–Kier alpha value is -0.700. The zero-order valence-electron chi connectivity index (χ0n) is 10.4. The lowest BCUT2D eigenvalue weighted by Crippen LogP contribution is -2.26. The van der Waals surface area contributed by atoms with Crippen LogP contribution in [0.25, 0.3) is 0 Å². The predicted molar refractivity (Wildman–Crippen MR) is 78.2 cm³/mol. The van der Waals surface area contributed by atoms with Crippen LogP contribution >= 0.6 is 15.9 Å². The van der Waals surface area contributed by atoms with Crippen LogP contribution in [-0.2, 0) is 0 Å². The lowest BCUT2D eigenvalue weighted by molar-refractivity contribution is 0.307. The number of halogens is 1. The first-order valence-electron chi connectivity index (χ1n) is 6.44. The van der Waals surface area contributed by atoms with Gasteiger partial charge in [0.1, 0.15) is 0 Å². The molecule has 0 radical (unpaired) electrons. The molecular formula is C14H21BrN2. The Morgan fingerprint density at radius 3 is 2.65 bits per heavy atom. The van der Waals surface area contributed by atoms with Crippen LogP contribution in [0.2, 0.25) is 0 Å². The molecule has 0 unspecified atom stereocenters. The summed E-state index contributed by atoms with van der Waals surface area (Å²) in [5, 5.41) is 3.57. The molecule has 0 aromatic heterocycles. The van der Waals surface area contributed by atoms with E-state index >= 15 is 0 Å². The molecule has 1 aliphatic carbocycles. The van der Waals surface area contributed by atoms with Crippen molar-refractivity contribution in [1.82, 2.24) is 0 Å². The maximum atomic E-state index is 5.74. The summed E-state index contributed by atoms with van der Waals surface area (Å²) in [4.78, 5) is 0. The SMILES string of the molecule is CCC1(CNc2ccc(N)cc2Br)CCCC1. The largest absolute Gasteiger partial charge is 0.399 e. The Bertz CT molecular complexity index is 384. The maximum absolute atomic E-state index is 5.74. The van der Waals surface area contributed by atoms with Crippen LogP contribution in [-0.4, -0.2) is 6.54 Å². The van der Waals surface area contributed by atoms with Crippen molar-refractivity contribution in [2.24, 2.45) is 5.41 Å². The van der Waals surface area contributed by atoms with Crippen LogP contribution < -0.4 is 11.1 Å². The van der Waals surface area contributed by atoms with Crippen LogP contribution in [0.15, 0.2) is 22.7 Å². The van der Waals surface area contributed by atoms with E-state index in [2.05, 4.69) is 34.2 Å². The summed E-state index contributed by atoms with van der Waals surface area (Å²) in [6.45, 7) is 3.39. The molecule has 2 rings (SSSR count). The van der Waals surface area contributed by atoms with Gasteiger partial charge in [-0.25, -0.2) is 0 Å². The summed E-state index contributed by atoms with van der Waals surface area (Å²) >= 11 is 3.55. The second kappa shape index (κ2) is 5.30.